The summed E-state index contributed by atoms with van der Waals surface area (Å²) < 4.78 is 21.1. The van der Waals surface area contributed by atoms with Crippen molar-refractivity contribution < 1.29 is 59.5 Å². The van der Waals surface area contributed by atoms with Crippen molar-refractivity contribution in [2.45, 2.75) is 68.1 Å². The van der Waals surface area contributed by atoms with Gasteiger partial charge in [-0.25, -0.2) is 0 Å². The van der Waals surface area contributed by atoms with Crippen molar-refractivity contribution in [3.05, 3.63) is 0 Å². The number of aliphatic hydroxyl groups is 7. The van der Waals surface area contributed by atoms with Gasteiger partial charge in [0.2, 0.25) is 5.79 Å². The minimum Gasteiger partial charge on any atom is -0.454 e. The fourth-order valence-electron chi connectivity index (χ4n) is 3.00. The molecule has 12 heteroatoms. The van der Waals surface area contributed by atoms with Gasteiger partial charge in [-0.3, -0.25) is 4.79 Å². The number of carbonyl (C=O) groups is 1. The highest BCUT2D eigenvalue weighted by atomic mass is 16.8. The second kappa shape index (κ2) is 9.05. The molecule has 27 heavy (non-hydrogen) atoms. The summed E-state index contributed by atoms with van der Waals surface area (Å²) in [4.78, 5) is 11.7. The maximum absolute atomic E-state index is 11.7. The number of esters is 1. The molecule has 2 aliphatic heterocycles. The standard InChI is InChI=1S/C15H26O12/c1-2-8(19)25-13-10(21)7(4-17)26-15(13,5-18)27-14-12(23)11(22)9(20)6(3-16)24-14/h6-7,9-14,16-18,20-23H,2-5H2,1H3/t6-,7-,9-,10-,11+,12-,13+,14-,15+/m1/s1. The largest absolute Gasteiger partial charge is 0.454 e. The van der Waals surface area contributed by atoms with Gasteiger partial charge in [-0.2, -0.15) is 0 Å². The Bertz CT molecular complexity index is 501. The maximum Gasteiger partial charge on any atom is 0.306 e. The van der Waals surface area contributed by atoms with Crippen molar-refractivity contribution >= 4 is 5.97 Å². The number of hydrogen-bond acceptors (Lipinski definition) is 12. The van der Waals surface area contributed by atoms with E-state index in [4.69, 9.17) is 18.9 Å². The number of aliphatic hydroxyl groups excluding tert-OH is 7. The van der Waals surface area contributed by atoms with Crippen molar-refractivity contribution in [3.8, 4) is 0 Å². The molecular weight excluding hydrogens is 372 g/mol. The molecule has 0 spiro atoms. The summed E-state index contributed by atoms with van der Waals surface area (Å²) in [6, 6.07) is 0. The van der Waals surface area contributed by atoms with Gasteiger partial charge in [-0.1, -0.05) is 6.92 Å². The van der Waals surface area contributed by atoms with Gasteiger partial charge < -0.3 is 54.7 Å². The summed E-state index contributed by atoms with van der Waals surface area (Å²) in [6.45, 7) is -0.889. The van der Waals surface area contributed by atoms with Crippen LogP contribution in [0.3, 0.4) is 0 Å². The minimum atomic E-state index is -2.23. The molecule has 0 radical (unpaired) electrons. The van der Waals surface area contributed by atoms with E-state index in [9.17, 15) is 40.5 Å². The third-order valence-electron chi connectivity index (χ3n) is 4.59. The van der Waals surface area contributed by atoms with Crippen LogP contribution in [-0.2, 0) is 23.7 Å². The van der Waals surface area contributed by atoms with E-state index in [1.165, 1.54) is 6.92 Å². The molecule has 7 N–H and O–H groups in total. The van der Waals surface area contributed by atoms with Crippen LogP contribution in [0.1, 0.15) is 13.3 Å². The van der Waals surface area contributed by atoms with E-state index in [1.807, 2.05) is 0 Å². The first-order valence-electron chi connectivity index (χ1n) is 8.50. The molecule has 12 nitrogen and oxygen atoms in total. The lowest BCUT2D eigenvalue weighted by Crippen LogP contribution is -2.63. The fraction of sp³-hybridized carbons (Fsp3) is 0.933. The number of ether oxygens (including phenoxy) is 4. The Hall–Kier alpha value is -0.930. The van der Waals surface area contributed by atoms with E-state index in [0.29, 0.717) is 0 Å². The normalized spacial score (nSPS) is 45.0. The van der Waals surface area contributed by atoms with Crippen LogP contribution in [0.5, 0.6) is 0 Å². The zero-order chi connectivity index (χ0) is 20.4. The highest BCUT2D eigenvalue weighted by molar-refractivity contribution is 5.69. The van der Waals surface area contributed by atoms with Crippen LogP contribution in [0.15, 0.2) is 0 Å². The molecular formula is C15H26O12. The van der Waals surface area contributed by atoms with Gasteiger partial charge in [0.05, 0.1) is 13.2 Å². The number of carbonyl (C=O) groups excluding carboxylic acids is 1. The predicted octanol–water partition coefficient (Wildman–Crippen LogP) is -4.43. The lowest BCUT2D eigenvalue weighted by Gasteiger charge is -2.43. The second-order valence-electron chi connectivity index (χ2n) is 6.38. The number of hydrogen-bond donors (Lipinski definition) is 7. The van der Waals surface area contributed by atoms with Gasteiger partial charge in [-0.15, -0.1) is 0 Å². The van der Waals surface area contributed by atoms with Gasteiger partial charge in [0.1, 0.15) is 43.2 Å². The van der Waals surface area contributed by atoms with Crippen LogP contribution in [0, 0.1) is 0 Å². The molecule has 2 heterocycles. The summed E-state index contributed by atoms with van der Waals surface area (Å²) in [5, 5.41) is 68.4. The van der Waals surface area contributed by atoms with Crippen molar-refractivity contribution in [1.82, 2.24) is 0 Å². The highest BCUT2D eigenvalue weighted by Crippen LogP contribution is 2.37. The van der Waals surface area contributed by atoms with Crippen molar-refractivity contribution in [1.29, 1.82) is 0 Å². The Morgan fingerprint density at radius 2 is 1.59 bits per heavy atom. The van der Waals surface area contributed by atoms with Crippen LogP contribution in [-0.4, -0.2) is 116 Å². The molecule has 2 aliphatic rings. The van der Waals surface area contributed by atoms with E-state index in [0.717, 1.165) is 0 Å². The molecule has 9 atom stereocenters. The molecule has 0 amide bonds. The first-order chi connectivity index (χ1) is 12.7. The summed E-state index contributed by atoms with van der Waals surface area (Å²) in [7, 11) is 0. The molecule has 2 saturated heterocycles. The second-order valence-corrected chi connectivity index (χ2v) is 6.38. The predicted molar refractivity (Wildman–Crippen MR) is 82.8 cm³/mol. The third kappa shape index (κ3) is 4.24. The topological polar surface area (TPSA) is 196 Å². The van der Waals surface area contributed by atoms with Crippen LogP contribution in [0.25, 0.3) is 0 Å². The van der Waals surface area contributed by atoms with Gasteiger partial charge in [-0.05, 0) is 0 Å². The lowest BCUT2D eigenvalue weighted by molar-refractivity contribution is -0.383. The Kier molecular flexibility index (Phi) is 7.49. The molecule has 0 unspecified atom stereocenters. The van der Waals surface area contributed by atoms with Crippen LogP contribution >= 0.6 is 0 Å². The Labute approximate surface area is 154 Å². The molecule has 0 bridgehead atoms. The number of rotatable bonds is 7. The van der Waals surface area contributed by atoms with E-state index >= 15 is 0 Å². The first-order valence-corrected chi connectivity index (χ1v) is 8.50. The maximum atomic E-state index is 11.7. The van der Waals surface area contributed by atoms with Crippen LogP contribution < -0.4 is 0 Å². The van der Waals surface area contributed by atoms with Gasteiger partial charge >= 0.3 is 5.97 Å². The van der Waals surface area contributed by atoms with Crippen molar-refractivity contribution in [3.63, 3.8) is 0 Å². The van der Waals surface area contributed by atoms with E-state index in [2.05, 4.69) is 0 Å². The van der Waals surface area contributed by atoms with E-state index < -0.39 is 80.6 Å². The summed E-state index contributed by atoms with van der Waals surface area (Å²) in [6.07, 6.45) is -12.7. The molecule has 0 saturated carbocycles. The first kappa shape index (κ1) is 22.4. The smallest absolute Gasteiger partial charge is 0.306 e. The van der Waals surface area contributed by atoms with Crippen molar-refractivity contribution in [2.24, 2.45) is 0 Å². The molecule has 0 aliphatic carbocycles. The molecule has 0 aromatic carbocycles. The summed E-state index contributed by atoms with van der Waals surface area (Å²) in [5.74, 6) is -2.98. The molecule has 2 fully saturated rings. The van der Waals surface area contributed by atoms with Gasteiger partial charge in [0.15, 0.2) is 12.4 Å². The monoisotopic (exact) mass is 398 g/mol. The zero-order valence-corrected chi connectivity index (χ0v) is 14.6. The summed E-state index contributed by atoms with van der Waals surface area (Å²) >= 11 is 0. The Balaban J connectivity index is 2.28. The Morgan fingerprint density at radius 3 is 2.11 bits per heavy atom. The Morgan fingerprint density at radius 1 is 0.963 bits per heavy atom. The van der Waals surface area contributed by atoms with E-state index in [-0.39, 0.29) is 6.42 Å². The fourth-order valence-corrected chi connectivity index (χ4v) is 3.00. The molecule has 0 aromatic heterocycles. The summed E-state index contributed by atoms with van der Waals surface area (Å²) in [5.41, 5.74) is 0. The van der Waals surface area contributed by atoms with E-state index in [1.54, 1.807) is 0 Å². The lowest BCUT2D eigenvalue weighted by atomic mass is 9.99. The SMILES string of the molecule is CCC(=O)O[C@H]1[C@H](O)[C@@H](CO)O[C@@]1(CO)O[C@H]1O[C@H](CO)[C@@H](O)[C@H](O)[C@H]1O. The van der Waals surface area contributed by atoms with Gasteiger partial charge in [0, 0.05) is 6.42 Å². The molecule has 2 rings (SSSR count). The average Bonchev–Trinajstić information content (AvgIpc) is 2.94. The van der Waals surface area contributed by atoms with Crippen LogP contribution in [0.4, 0.5) is 0 Å². The zero-order valence-electron chi connectivity index (χ0n) is 14.6. The van der Waals surface area contributed by atoms with Gasteiger partial charge in [0.25, 0.3) is 0 Å². The van der Waals surface area contributed by atoms with Crippen molar-refractivity contribution in [2.75, 3.05) is 19.8 Å². The average molecular weight is 398 g/mol. The quantitative estimate of drug-likeness (QED) is 0.204. The third-order valence-corrected chi connectivity index (χ3v) is 4.59. The molecule has 158 valence electrons. The molecule has 0 aromatic rings. The van der Waals surface area contributed by atoms with Crippen LogP contribution in [0.2, 0.25) is 0 Å². The highest BCUT2D eigenvalue weighted by Gasteiger charge is 2.60. The minimum absolute atomic E-state index is 0.0609.